The van der Waals surface area contributed by atoms with Gasteiger partial charge in [0.25, 0.3) is 0 Å². The average Bonchev–Trinajstić information content (AvgIpc) is 2.69. The van der Waals surface area contributed by atoms with E-state index in [1.54, 1.807) is 4.90 Å². The molecule has 2 heterocycles. The maximum atomic E-state index is 11.4. The number of aliphatic hydroxyl groups excluding tert-OH is 1. The number of nitrogens with zero attached hydrogens (tertiary/aromatic N) is 1. The van der Waals surface area contributed by atoms with Crippen LogP contribution in [-0.2, 0) is 4.74 Å². The van der Waals surface area contributed by atoms with Crippen LogP contribution in [0.3, 0.4) is 0 Å². The zero-order chi connectivity index (χ0) is 11.4. The van der Waals surface area contributed by atoms with Gasteiger partial charge in [0.15, 0.2) is 0 Å². The Morgan fingerprint density at radius 1 is 1.44 bits per heavy atom. The number of aliphatic hydroxyl groups is 1. The molecule has 0 saturated carbocycles. The maximum absolute atomic E-state index is 11.4. The van der Waals surface area contributed by atoms with Crippen LogP contribution < -0.4 is 5.32 Å². The summed E-state index contributed by atoms with van der Waals surface area (Å²) < 4.78 is 4.92. The molecule has 1 amide bonds. The van der Waals surface area contributed by atoms with Gasteiger partial charge in [-0.05, 0) is 38.3 Å². The normalized spacial score (nSPS) is 27.2. The van der Waals surface area contributed by atoms with E-state index in [4.69, 9.17) is 9.84 Å². The van der Waals surface area contributed by atoms with Gasteiger partial charge >= 0.3 is 6.09 Å². The highest BCUT2D eigenvalue weighted by atomic mass is 16.6. The fourth-order valence-corrected chi connectivity index (χ4v) is 2.41. The van der Waals surface area contributed by atoms with Gasteiger partial charge in [-0.25, -0.2) is 4.79 Å². The van der Waals surface area contributed by atoms with Crippen LogP contribution >= 0.6 is 0 Å². The van der Waals surface area contributed by atoms with Crippen molar-refractivity contribution in [3.63, 3.8) is 0 Å². The fraction of sp³-hybridized carbons (Fsp3) is 0.909. The second-order valence-corrected chi connectivity index (χ2v) is 4.59. The summed E-state index contributed by atoms with van der Waals surface area (Å²) in [6.07, 6.45) is 3.13. The van der Waals surface area contributed by atoms with Gasteiger partial charge < -0.3 is 15.2 Å². The van der Waals surface area contributed by atoms with Crippen molar-refractivity contribution in [2.45, 2.75) is 25.3 Å². The molecule has 92 valence electrons. The molecule has 1 atom stereocenters. The molecule has 16 heavy (non-hydrogen) atoms. The van der Waals surface area contributed by atoms with Crippen LogP contribution in [0.15, 0.2) is 0 Å². The molecule has 0 aromatic heterocycles. The quantitative estimate of drug-likeness (QED) is 0.721. The van der Waals surface area contributed by atoms with Gasteiger partial charge in [0.05, 0.1) is 12.6 Å². The molecule has 2 N–H and O–H groups in total. The van der Waals surface area contributed by atoms with Crippen LogP contribution in [0.2, 0.25) is 0 Å². The molecule has 0 radical (unpaired) electrons. The van der Waals surface area contributed by atoms with E-state index in [2.05, 4.69) is 5.32 Å². The zero-order valence-electron chi connectivity index (χ0n) is 9.52. The standard InChI is InChI=1S/C11H20N2O3/c14-7-10-8-16-11(15)13(10)6-3-9-1-4-12-5-2-9/h9-10,12,14H,1-8H2/t10-/m0/s1. The molecule has 5 heteroatoms. The third kappa shape index (κ3) is 2.65. The molecule has 2 aliphatic rings. The molecule has 0 spiro atoms. The van der Waals surface area contributed by atoms with E-state index in [9.17, 15) is 4.79 Å². The van der Waals surface area contributed by atoms with Crippen LogP contribution in [0, 0.1) is 5.92 Å². The van der Waals surface area contributed by atoms with E-state index < -0.39 is 0 Å². The highest BCUT2D eigenvalue weighted by molar-refractivity contribution is 5.70. The molecular weight excluding hydrogens is 208 g/mol. The van der Waals surface area contributed by atoms with Gasteiger partial charge in [-0.3, -0.25) is 4.90 Å². The Labute approximate surface area is 95.8 Å². The summed E-state index contributed by atoms with van der Waals surface area (Å²) in [6.45, 7) is 3.21. The third-order valence-corrected chi connectivity index (χ3v) is 3.52. The Balaban J connectivity index is 1.77. The lowest BCUT2D eigenvalue weighted by atomic mass is 9.94. The number of piperidine rings is 1. The van der Waals surface area contributed by atoms with Gasteiger partial charge in [0.2, 0.25) is 0 Å². The number of rotatable bonds is 4. The summed E-state index contributed by atoms with van der Waals surface area (Å²) in [5, 5.41) is 12.4. The van der Waals surface area contributed by atoms with Gasteiger partial charge in [-0.15, -0.1) is 0 Å². The second-order valence-electron chi connectivity index (χ2n) is 4.59. The Morgan fingerprint density at radius 3 is 2.88 bits per heavy atom. The number of carbonyl (C=O) groups excluding carboxylic acids is 1. The van der Waals surface area contributed by atoms with E-state index in [1.807, 2.05) is 0 Å². The largest absolute Gasteiger partial charge is 0.447 e. The number of amides is 1. The molecule has 0 aromatic rings. The van der Waals surface area contributed by atoms with Crippen molar-refractivity contribution in [1.82, 2.24) is 10.2 Å². The predicted molar refractivity (Wildman–Crippen MR) is 59.1 cm³/mol. The highest BCUT2D eigenvalue weighted by Gasteiger charge is 2.32. The van der Waals surface area contributed by atoms with Gasteiger partial charge in [0.1, 0.15) is 6.61 Å². The van der Waals surface area contributed by atoms with E-state index in [1.165, 1.54) is 12.8 Å². The molecule has 0 aliphatic carbocycles. The van der Waals surface area contributed by atoms with Crippen LogP contribution in [0.25, 0.3) is 0 Å². The SMILES string of the molecule is O=C1OC[C@H](CO)N1CCC1CCNCC1. The molecule has 2 aliphatic heterocycles. The Hall–Kier alpha value is -0.810. The summed E-state index contributed by atoms with van der Waals surface area (Å²) >= 11 is 0. The smallest absolute Gasteiger partial charge is 0.410 e. The van der Waals surface area contributed by atoms with E-state index in [-0.39, 0.29) is 18.7 Å². The fourth-order valence-electron chi connectivity index (χ4n) is 2.41. The van der Waals surface area contributed by atoms with Crippen LogP contribution in [0.4, 0.5) is 4.79 Å². The number of ether oxygens (including phenoxy) is 1. The molecule has 5 nitrogen and oxygen atoms in total. The predicted octanol–water partition coefficient (Wildman–Crippen LogP) is 0.189. The molecule has 0 unspecified atom stereocenters. The maximum Gasteiger partial charge on any atom is 0.410 e. The van der Waals surface area contributed by atoms with E-state index in [0.29, 0.717) is 19.1 Å². The van der Waals surface area contributed by atoms with Crippen LogP contribution in [-0.4, -0.2) is 55.0 Å². The van der Waals surface area contributed by atoms with Crippen molar-refractivity contribution >= 4 is 6.09 Å². The van der Waals surface area contributed by atoms with E-state index in [0.717, 1.165) is 19.5 Å². The first kappa shape index (κ1) is 11.7. The molecular formula is C11H20N2O3. The van der Waals surface area contributed by atoms with Crippen LogP contribution in [0.5, 0.6) is 0 Å². The lowest BCUT2D eigenvalue weighted by Gasteiger charge is -2.26. The van der Waals surface area contributed by atoms with Crippen molar-refractivity contribution in [2.24, 2.45) is 5.92 Å². The van der Waals surface area contributed by atoms with Gasteiger partial charge in [-0.2, -0.15) is 0 Å². The molecule has 2 saturated heterocycles. The monoisotopic (exact) mass is 228 g/mol. The number of cyclic esters (lactones) is 1. The Kier molecular flexibility index (Phi) is 4.01. The van der Waals surface area contributed by atoms with Crippen molar-refractivity contribution in [1.29, 1.82) is 0 Å². The first-order valence-corrected chi connectivity index (χ1v) is 6.06. The summed E-state index contributed by atoms with van der Waals surface area (Å²) in [5.41, 5.74) is 0. The minimum atomic E-state index is -0.270. The second kappa shape index (κ2) is 5.50. The first-order valence-electron chi connectivity index (χ1n) is 6.06. The van der Waals surface area contributed by atoms with Crippen molar-refractivity contribution < 1.29 is 14.6 Å². The topological polar surface area (TPSA) is 61.8 Å². The number of carbonyl (C=O) groups is 1. The molecule has 0 aromatic carbocycles. The highest BCUT2D eigenvalue weighted by Crippen LogP contribution is 2.19. The number of nitrogens with one attached hydrogen (secondary N) is 1. The minimum Gasteiger partial charge on any atom is -0.447 e. The molecule has 2 fully saturated rings. The number of hydrogen-bond acceptors (Lipinski definition) is 4. The average molecular weight is 228 g/mol. The summed E-state index contributed by atoms with van der Waals surface area (Å²) in [7, 11) is 0. The Morgan fingerprint density at radius 2 is 2.19 bits per heavy atom. The number of hydrogen-bond donors (Lipinski definition) is 2. The minimum absolute atomic E-state index is 0.00202. The molecule has 2 rings (SSSR count). The van der Waals surface area contributed by atoms with Gasteiger partial charge in [-0.1, -0.05) is 0 Å². The summed E-state index contributed by atoms with van der Waals surface area (Å²) in [5.74, 6) is 0.703. The lowest BCUT2D eigenvalue weighted by Crippen LogP contribution is -2.38. The third-order valence-electron chi connectivity index (χ3n) is 3.52. The van der Waals surface area contributed by atoms with Crippen LogP contribution in [0.1, 0.15) is 19.3 Å². The lowest BCUT2D eigenvalue weighted by molar-refractivity contribution is 0.148. The zero-order valence-corrected chi connectivity index (χ0v) is 9.52. The first-order chi connectivity index (χ1) is 7.81. The summed E-state index contributed by atoms with van der Waals surface area (Å²) in [4.78, 5) is 13.1. The Bertz CT molecular complexity index is 241. The van der Waals surface area contributed by atoms with Crippen molar-refractivity contribution in [2.75, 3.05) is 32.8 Å². The van der Waals surface area contributed by atoms with Crippen molar-refractivity contribution in [3.8, 4) is 0 Å². The molecule has 0 bridgehead atoms. The van der Waals surface area contributed by atoms with Gasteiger partial charge in [0, 0.05) is 6.54 Å². The van der Waals surface area contributed by atoms with Crippen molar-refractivity contribution in [3.05, 3.63) is 0 Å². The summed E-state index contributed by atoms with van der Waals surface area (Å²) in [6, 6.07) is -0.130. The van der Waals surface area contributed by atoms with E-state index >= 15 is 0 Å².